The lowest BCUT2D eigenvalue weighted by molar-refractivity contribution is -0.255. The third kappa shape index (κ3) is 4.60. The number of halogens is 3. The number of hydrogen-bond acceptors (Lipinski definition) is 6. The third-order valence-electron chi connectivity index (χ3n) is 6.76. The lowest BCUT2D eigenvalue weighted by Crippen LogP contribution is -2.57. The summed E-state index contributed by atoms with van der Waals surface area (Å²) in [6.07, 6.45) is -1.07. The number of rotatable bonds is 7. The quantitative estimate of drug-likeness (QED) is 0.274. The molecule has 1 heterocycles. The number of anilines is 1. The van der Waals surface area contributed by atoms with Gasteiger partial charge in [-0.05, 0) is 23.8 Å². The van der Waals surface area contributed by atoms with E-state index in [1.807, 2.05) is 48.5 Å². The molecule has 0 spiro atoms. The first-order valence-electron chi connectivity index (χ1n) is 12.0. The summed E-state index contributed by atoms with van der Waals surface area (Å²) in [6.45, 7) is 0. The Hall–Kier alpha value is -4.27. The van der Waals surface area contributed by atoms with Crippen molar-refractivity contribution in [2.45, 2.75) is 30.2 Å². The number of ether oxygens (including phenoxy) is 3. The highest BCUT2D eigenvalue weighted by Gasteiger charge is 2.61. The van der Waals surface area contributed by atoms with Gasteiger partial charge in [-0.1, -0.05) is 60.7 Å². The van der Waals surface area contributed by atoms with Crippen molar-refractivity contribution in [3.05, 3.63) is 96.8 Å². The summed E-state index contributed by atoms with van der Waals surface area (Å²) >= 11 is 0. The Labute approximate surface area is 218 Å². The summed E-state index contributed by atoms with van der Waals surface area (Å²) < 4.78 is 61.8. The lowest BCUT2D eigenvalue weighted by Gasteiger charge is -2.46. The van der Waals surface area contributed by atoms with E-state index in [2.05, 4.69) is 15.3 Å². The molecule has 2 unspecified atom stereocenters. The minimum Gasteiger partial charge on any atom is -0.493 e. The van der Waals surface area contributed by atoms with Gasteiger partial charge in [0.25, 0.3) is 0 Å². The number of alkyl halides is 3. The van der Waals surface area contributed by atoms with E-state index in [0.717, 1.165) is 0 Å². The van der Waals surface area contributed by atoms with Gasteiger partial charge in [-0.3, -0.25) is 0 Å². The van der Waals surface area contributed by atoms with Crippen molar-refractivity contribution in [2.75, 3.05) is 19.5 Å². The lowest BCUT2D eigenvalue weighted by atomic mass is 9.73. The van der Waals surface area contributed by atoms with Gasteiger partial charge in [-0.2, -0.15) is 13.2 Å². The fourth-order valence-corrected chi connectivity index (χ4v) is 4.88. The molecular weight excluding hydrogens is 495 g/mol. The summed E-state index contributed by atoms with van der Waals surface area (Å²) in [7, 11) is 2.92. The summed E-state index contributed by atoms with van der Waals surface area (Å²) in [5.74, 6) is 0.532. The second-order valence-electron chi connectivity index (χ2n) is 9.11. The van der Waals surface area contributed by atoms with Gasteiger partial charge in [0.1, 0.15) is 6.33 Å². The van der Waals surface area contributed by atoms with E-state index >= 15 is 13.2 Å². The number of aromatic nitrogens is 2. The van der Waals surface area contributed by atoms with Crippen molar-refractivity contribution < 1.29 is 27.4 Å². The minimum atomic E-state index is -4.73. The van der Waals surface area contributed by atoms with Crippen molar-refractivity contribution >= 4 is 16.6 Å². The van der Waals surface area contributed by atoms with Gasteiger partial charge < -0.3 is 19.5 Å². The molecule has 9 heteroatoms. The average molecular weight is 522 g/mol. The molecule has 1 aliphatic rings. The van der Waals surface area contributed by atoms with Gasteiger partial charge in [0, 0.05) is 24.6 Å². The van der Waals surface area contributed by atoms with Crippen LogP contribution in [0.3, 0.4) is 0 Å². The molecule has 0 saturated heterocycles. The molecule has 4 aromatic rings. The first kappa shape index (κ1) is 25.4. The maximum atomic E-state index is 15.1. The van der Waals surface area contributed by atoms with Crippen LogP contribution in [-0.4, -0.2) is 36.0 Å². The maximum Gasteiger partial charge on any atom is 0.428 e. The number of nitrogens with zero attached hydrogens (tertiary/aromatic N) is 2. The molecular formula is C29H26F3N3O3. The van der Waals surface area contributed by atoms with Crippen molar-refractivity contribution in [1.29, 1.82) is 0 Å². The zero-order chi connectivity index (χ0) is 26.8. The summed E-state index contributed by atoms with van der Waals surface area (Å²) in [6, 6.07) is 21.3. The molecule has 6 nitrogen and oxygen atoms in total. The third-order valence-corrected chi connectivity index (χ3v) is 6.76. The number of para-hydroxylation sites is 1. The van der Waals surface area contributed by atoms with Crippen LogP contribution in [0.25, 0.3) is 10.9 Å². The molecule has 1 N–H and O–H groups in total. The Morgan fingerprint density at radius 2 is 1.53 bits per heavy atom. The van der Waals surface area contributed by atoms with E-state index in [0.29, 0.717) is 28.3 Å². The highest BCUT2D eigenvalue weighted by Crippen LogP contribution is 2.50. The van der Waals surface area contributed by atoms with Crippen LogP contribution in [-0.2, 0) is 5.54 Å². The van der Waals surface area contributed by atoms with Gasteiger partial charge in [-0.25, -0.2) is 9.97 Å². The van der Waals surface area contributed by atoms with Crippen LogP contribution in [0.15, 0.2) is 91.3 Å². The number of fused-ring (bicyclic) bond motifs is 1. The van der Waals surface area contributed by atoms with Crippen LogP contribution >= 0.6 is 0 Å². The molecule has 5 rings (SSSR count). The van der Waals surface area contributed by atoms with Crippen LogP contribution < -0.4 is 19.5 Å². The monoisotopic (exact) mass is 521 g/mol. The standard InChI is InChI=1S/C29H26F3N3O3/c1-36-24-16-22-23(17-25(24)37-2)33-19-34-26(22)38-28(29(30,31)32)15-9-14-27(18-28,20-10-5-3-6-11-20)35-21-12-7-4-8-13-21/h3-14,16-17,19,35H,15,18H2,1-2H3. The van der Waals surface area contributed by atoms with Crippen LogP contribution in [0, 0.1) is 0 Å². The fraction of sp³-hybridized carbons (Fsp3) is 0.241. The Bertz CT molecular complexity index is 1450. The molecule has 0 bridgehead atoms. The normalized spacial score (nSPS) is 21.2. The van der Waals surface area contributed by atoms with Gasteiger partial charge in [-0.15, -0.1) is 0 Å². The van der Waals surface area contributed by atoms with Gasteiger partial charge >= 0.3 is 6.18 Å². The molecule has 0 amide bonds. The van der Waals surface area contributed by atoms with Crippen molar-refractivity contribution in [1.82, 2.24) is 9.97 Å². The zero-order valence-electron chi connectivity index (χ0n) is 20.8. The molecule has 0 fully saturated rings. The second kappa shape index (κ2) is 9.89. The van der Waals surface area contributed by atoms with Gasteiger partial charge in [0.2, 0.25) is 11.5 Å². The highest BCUT2D eigenvalue weighted by atomic mass is 19.4. The molecule has 2 atom stereocenters. The molecule has 0 saturated carbocycles. The largest absolute Gasteiger partial charge is 0.493 e. The van der Waals surface area contributed by atoms with Crippen LogP contribution in [0.4, 0.5) is 18.9 Å². The van der Waals surface area contributed by atoms with E-state index in [1.165, 1.54) is 32.7 Å². The fourth-order valence-electron chi connectivity index (χ4n) is 4.88. The predicted octanol–water partition coefficient (Wildman–Crippen LogP) is 6.68. The first-order valence-corrected chi connectivity index (χ1v) is 12.0. The molecule has 3 aromatic carbocycles. The van der Waals surface area contributed by atoms with Gasteiger partial charge in [0.05, 0.1) is 30.7 Å². The first-order chi connectivity index (χ1) is 18.3. The topological polar surface area (TPSA) is 65.5 Å². The Morgan fingerprint density at radius 1 is 0.868 bits per heavy atom. The second-order valence-corrected chi connectivity index (χ2v) is 9.11. The summed E-state index contributed by atoms with van der Waals surface area (Å²) in [5, 5.41) is 3.64. The molecule has 1 aromatic heterocycles. The minimum absolute atomic E-state index is 0.190. The number of methoxy groups -OCH3 is 2. The van der Waals surface area contributed by atoms with Crippen molar-refractivity contribution in [3.63, 3.8) is 0 Å². The van der Waals surface area contributed by atoms with E-state index in [-0.39, 0.29) is 17.7 Å². The van der Waals surface area contributed by atoms with Crippen LogP contribution in [0.5, 0.6) is 17.4 Å². The number of hydrogen-bond donors (Lipinski definition) is 1. The van der Waals surface area contributed by atoms with E-state index in [4.69, 9.17) is 14.2 Å². The van der Waals surface area contributed by atoms with Crippen LogP contribution in [0.2, 0.25) is 0 Å². The number of benzene rings is 3. The maximum absolute atomic E-state index is 15.1. The SMILES string of the molecule is COc1cc2ncnc(OC3(C(F)(F)F)CC=CC(Nc4ccccc4)(c4ccccc4)C3)c2cc1OC. The van der Waals surface area contributed by atoms with Crippen molar-refractivity contribution in [2.24, 2.45) is 0 Å². The molecule has 0 radical (unpaired) electrons. The smallest absolute Gasteiger partial charge is 0.428 e. The van der Waals surface area contributed by atoms with E-state index < -0.39 is 23.7 Å². The van der Waals surface area contributed by atoms with Crippen LogP contribution in [0.1, 0.15) is 18.4 Å². The molecule has 38 heavy (non-hydrogen) atoms. The molecule has 0 aliphatic heterocycles. The van der Waals surface area contributed by atoms with Crippen molar-refractivity contribution in [3.8, 4) is 17.4 Å². The summed E-state index contributed by atoms with van der Waals surface area (Å²) in [4.78, 5) is 8.32. The molecule has 196 valence electrons. The van der Waals surface area contributed by atoms with E-state index in [9.17, 15) is 0 Å². The molecule has 1 aliphatic carbocycles. The van der Waals surface area contributed by atoms with E-state index in [1.54, 1.807) is 24.3 Å². The summed E-state index contributed by atoms with van der Waals surface area (Å²) in [5.41, 5.74) is -2.07. The van der Waals surface area contributed by atoms with Gasteiger partial charge in [0.15, 0.2) is 11.5 Å². The Morgan fingerprint density at radius 3 is 2.18 bits per heavy atom. The average Bonchev–Trinajstić information content (AvgIpc) is 2.93. The Kier molecular flexibility index (Phi) is 6.60. The predicted molar refractivity (Wildman–Crippen MR) is 139 cm³/mol. The Balaban J connectivity index is 1.64. The highest BCUT2D eigenvalue weighted by molar-refractivity contribution is 5.86. The zero-order valence-corrected chi connectivity index (χ0v) is 20.8. The number of nitrogens with one attached hydrogen (secondary N) is 1.